The van der Waals surface area contributed by atoms with Crippen molar-refractivity contribution >= 4 is 44.9 Å². The molecule has 0 spiro atoms. The Kier molecular flexibility index (Phi) is 6.66. The summed E-state index contributed by atoms with van der Waals surface area (Å²) in [5, 5.41) is 3.42. The second-order valence-electron chi connectivity index (χ2n) is 3.60. The number of nitrogens with one attached hydrogen (secondary N) is 1. The number of thiophene rings is 1. The zero-order chi connectivity index (χ0) is 12.0. The average Bonchev–Trinajstić information content (AvgIpc) is 2.57. The van der Waals surface area contributed by atoms with Crippen molar-refractivity contribution in [2.75, 3.05) is 13.1 Å². The van der Waals surface area contributed by atoms with E-state index >= 15 is 0 Å². The molecular weight excluding hydrogens is 306 g/mol. The van der Waals surface area contributed by atoms with E-state index in [9.17, 15) is 0 Å². The molecular formula is C12H17BrClNS. The Labute approximate surface area is 115 Å². The molecule has 0 aliphatic rings. The lowest BCUT2D eigenvalue weighted by Gasteiger charge is -2.05. The molecule has 16 heavy (non-hydrogen) atoms. The van der Waals surface area contributed by atoms with Crippen molar-refractivity contribution in [3.63, 3.8) is 0 Å². The van der Waals surface area contributed by atoms with Crippen LogP contribution in [0.5, 0.6) is 0 Å². The van der Waals surface area contributed by atoms with Crippen molar-refractivity contribution in [3.8, 4) is 0 Å². The van der Waals surface area contributed by atoms with Crippen molar-refractivity contribution in [1.82, 2.24) is 5.32 Å². The van der Waals surface area contributed by atoms with E-state index in [2.05, 4.69) is 47.2 Å². The Balaban J connectivity index is 2.63. The van der Waals surface area contributed by atoms with Crippen molar-refractivity contribution in [2.24, 2.45) is 0 Å². The minimum Gasteiger partial charge on any atom is -0.313 e. The second kappa shape index (κ2) is 7.49. The van der Waals surface area contributed by atoms with Crippen LogP contribution < -0.4 is 5.32 Å². The molecule has 0 fully saturated rings. The fourth-order valence-electron chi connectivity index (χ4n) is 1.34. The Hall–Kier alpha value is 0.170. The fourth-order valence-corrected chi connectivity index (χ4v) is 3.07. The molecule has 0 aliphatic carbocycles. The largest absolute Gasteiger partial charge is 0.313 e. The Bertz CT molecular complexity index is 340. The molecule has 0 bridgehead atoms. The molecule has 1 rings (SSSR count). The van der Waals surface area contributed by atoms with Crippen molar-refractivity contribution in [1.29, 1.82) is 0 Å². The number of rotatable bonds is 6. The molecule has 0 unspecified atom stereocenters. The zero-order valence-corrected chi connectivity index (χ0v) is 12.8. The fraction of sp³-hybridized carbons (Fsp3) is 0.500. The minimum atomic E-state index is 0.822. The predicted molar refractivity (Wildman–Crippen MR) is 78.5 cm³/mol. The molecule has 0 saturated carbocycles. The van der Waals surface area contributed by atoms with E-state index < -0.39 is 0 Å². The Morgan fingerprint density at radius 1 is 1.56 bits per heavy atom. The molecule has 0 aromatic carbocycles. The summed E-state index contributed by atoms with van der Waals surface area (Å²) in [5.41, 5.74) is 1.42. The molecule has 0 saturated heterocycles. The molecule has 90 valence electrons. The van der Waals surface area contributed by atoms with Crippen LogP contribution in [0.3, 0.4) is 0 Å². The van der Waals surface area contributed by atoms with E-state index in [0.717, 1.165) is 28.3 Å². The summed E-state index contributed by atoms with van der Waals surface area (Å²) < 4.78 is 1.81. The monoisotopic (exact) mass is 321 g/mol. The first-order valence-corrected chi connectivity index (χ1v) is 7.51. The molecule has 1 heterocycles. The molecule has 0 atom stereocenters. The number of halogens is 2. The summed E-state index contributed by atoms with van der Waals surface area (Å²) in [6.45, 7) is 6.41. The topological polar surface area (TPSA) is 12.0 Å². The number of hydrogen-bond donors (Lipinski definition) is 1. The summed E-state index contributed by atoms with van der Waals surface area (Å²) >= 11 is 11.0. The summed E-state index contributed by atoms with van der Waals surface area (Å²) in [6.07, 6.45) is 4.47. The maximum Gasteiger partial charge on any atom is 0.108 e. The summed E-state index contributed by atoms with van der Waals surface area (Å²) in [6, 6.07) is 2.07. The van der Waals surface area contributed by atoms with Crippen LogP contribution in [0.15, 0.2) is 16.1 Å². The molecule has 1 nitrogen and oxygen atoms in total. The smallest absolute Gasteiger partial charge is 0.108 e. The molecule has 0 amide bonds. The molecule has 4 heteroatoms. The lowest BCUT2D eigenvalue weighted by Crippen LogP contribution is -2.17. The van der Waals surface area contributed by atoms with Crippen LogP contribution in [0, 0.1) is 0 Å². The van der Waals surface area contributed by atoms with Gasteiger partial charge in [-0.1, -0.05) is 31.0 Å². The van der Waals surface area contributed by atoms with Crippen LogP contribution in [0.25, 0.3) is 6.08 Å². The number of hydrogen-bond acceptors (Lipinski definition) is 2. The zero-order valence-electron chi connectivity index (χ0n) is 9.65. The standard InChI is InChI=1S/C12H17BrClNS/c1-3-5-15-8-9(4-2)6-10-7-11(13)12(14)16-10/h6-7,15H,3-5,8H2,1-2H3. The van der Waals surface area contributed by atoms with Crippen LogP contribution in [0.2, 0.25) is 4.34 Å². The van der Waals surface area contributed by atoms with Gasteiger partial charge in [-0.25, -0.2) is 0 Å². The first kappa shape index (κ1) is 14.2. The Morgan fingerprint density at radius 2 is 2.31 bits per heavy atom. The normalized spacial score (nSPS) is 12.1. The van der Waals surface area contributed by atoms with Gasteiger partial charge in [-0.15, -0.1) is 11.3 Å². The van der Waals surface area contributed by atoms with Gasteiger partial charge in [-0.05, 0) is 47.5 Å². The predicted octanol–water partition coefficient (Wildman–Crippen LogP) is 4.96. The van der Waals surface area contributed by atoms with Crippen molar-refractivity contribution in [2.45, 2.75) is 26.7 Å². The third-order valence-electron chi connectivity index (χ3n) is 2.24. The van der Waals surface area contributed by atoms with E-state index in [0.29, 0.717) is 0 Å². The van der Waals surface area contributed by atoms with Crippen molar-refractivity contribution < 1.29 is 0 Å². The molecule has 1 aromatic heterocycles. The van der Waals surface area contributed by atoms with Gasteiger partial charge in [0.25, 0.3) is 0 Å². The van der Waals surface area contributed by atoms with Crippen molar-refractivity contribution in [3.05, 3.63) is 25.3 Å². The average molecular weight is 323 g/mol. The highest BCUT2D eigenvalue weighted by atomic mass is 79.9. The van der Waals surface area contributed by atoms with Gasteiger partial charge in [-0.3, -0.25) is 0 Å². The van der Waals surface area contributed by atoms with Crippen LogP contribution in [0.4, 0.5) is 0 Å². The minimum absolute atomic E-state index is 0.822. The molecule has 1 N–H and O–H groups in total. The van der Waals surface area contributed by atoms with E-state index in [1.54, 1.807) is 11.3 Å². The first-order chi connectivity index (χ1) is 7.67. The van der Waals surface area contributed by atoms with Gasteiger partial charge in [0, 0.05) is 15.9 Å². The third-order valence-corrected chi connectivity index (χ3v) is 4.67. The van der Waals surface area contributed by atoms with Gasteiger partial charge in [-0.2, -0.15) is 0 Å². The second-order valence-corrected chi connectivity index (χ2v) is 6.14. The summed E-state index contributed by atoms with van der Waals surface area (Å²) in [4.78, 5) is 1.21. The first-order valence-electron chi connectivity index (χ1n) is 5.52. The van der Waals surface area contributed by atoms with Gasteiger partial charge in [0.05, 0.1) is 0 Å². The lowest BCUT2D eigenvalue weighted by atomic mass is 10.2. The van der Waals surface area contributed by atoms with Crippen LogP contribution in [0.1, 0.15) is 31.6 Å². The maximum atomic E-state index is 6.01. The van der Waals surface area contributed by atoms with Gasteiger partial charge in [0.1, 0.15) is 4.34 Å². The highest BCUT2D eigenvalue weighted by Gasteiger charge is 2.03. The van der Waals surface area contributed by atoms with E-state index in [4.69, 9.17) is 11.6 Å². The Morgan fingerprint density at radius 3 is 2.81 bits per heavy atom. The third kappa shape index (κ3) is 4.58. The van der Waals surface area contributed by atoms with Crippen LogP contribution in [-0.2, 0) is 0 Å². The molecule has 0 radical (unpaired) electrons. The maximum absolute atomic E-state index is 6.01. The van der Waals surface area contributed by atoms with E-state index in [1.807, 2.05) is 0 Å². The van der Waals surface area contributed by atoms with E-state index in [-0.39, 0.29) is 0 Å². The highest BCUT2D eigenvalue weighted by Crippen LogP contribution is 2.33. The molecule has 0 aliphatic heterocycles. The molecule has 1 aromatic rings. The van der Waals surface area contributed by atoms with Gasteiger partial charge in [0.15, 0.2) is 0 Å². The lowest BCUT2D eigenvalue weighted by molar-refractivity contribution is 0.706. The summed E-state index contributed by atoms with van der Waals surface area (Å²) in [7, 11) is 0. The highest BCUT2D eigenvalue weighted by molar-refractivity contribution is 9.10. The van der Waals surface area contributed by atoms with E-state index in [1.165, 1.54) is 16.9 Å². The SMILES string of the molecule is CCCNCC(=Cc1cc(Br)c(Cl)s1)CC. The van der Waals surface area contributed by atoms with Gasteiger partial charge >= 0.3 is 0 Å². The van der Waals surface area contributed by atoms with Crippen LogP contribution >= 0.6 is 38.9 Å². The van der Waals surface area contributed by atoms with Gasteiger partial charge < -0.3 is 5.32 Å². The quantitative estimate of drug-likeness (QED) is 0.730. The van der Waals surface area contributed by atoms with Gasteiger partial charge in [0.2, 0.25) is 0 Å². The summed E-state index contributed by atoms with van der Waals surface area (Å²) in [5.74, 6) is 0. The van der Waals surface area contributed by atoms with Crippen LogP contribution in [-0.4, -0.2) is 13.1 Å².